The second-order valence-corrected chi connectivity index (χ2v) is 12.0. The van der Waals surface area contributed by atoms with Gasteiger partial charge in [-0.3, -0.25) is 29.3 Å². The summed E-state index contributed by atoms with van der Waals surface area (Å²) in [5.74, 6) is -4.21. The summed E-state index contributed by atoms with van der Waals surface area (Å²) in [7, 11) is 3.04. The Morgan fingerprint density at radius 2 is 1.87 bits per heavy atom. The topological polar surface area (TPSA) is 206 Å². The minimum Gasteiger partial charge on any atom is -0.477 e. The lowest BCUT2D eigenvalue weighted by Crippen LogP contribution is -2.58. The molecule has 3 N–H and O–H groups in total. The average molecular weight is 656 g/mol. The highest BCUT2D eigenvalue weighted by Crippen LogP contribution is 2.34. The van der Waals surface area contributed by atoms with Crippen LogP contribution in [-0.4, -0.2) is 107 Å². The number of rotatable bonds is 6. The molecule has 1 saturated heterocycles. The maximum absolute atomic E-state index is 13.4. The molecule has 4 amide bonds. The lowest BCUT2D eigenvalue weighted by molar-refractivity contribution is -0.385. The van der Waals surface area contributed by atoms with E-state index in [0.29, 0.717) is 30.5 Å². The first-order chi connectivity index (χ1) is 21.8. The van der Waals surface area contributed by atoms with E-state index < -0.39 is 70.6 Å². The Balaban J connectivity index is 1.72. The van der Waals surface area contributed by atoms with Gasteiger partial charge in [0.15, 0.2) is 0 Å². The van der Waals surface area contributed by atoms with Gasteiger partial charge in [0.25, 0.3) is 5.69 Å². The number of carbonyl (C=O) groups is 6. The van der Waals surface area contributed by atoms with Crippen LogP contribution in [0.15, 0.2) is 36.4 Å². The zero-order chi connectivity index (χ0) is 33.7. The minimum absolute atomic E-state index is 0.0606. The van der Waals surface area contributed by atoms with E-state index in [-0.39, 0.29) is 28.5 Å². The molecule has 0 radical (unpaired) electrons. The third-order valence-corrected chi connectivity index (χ3v) is 8.75. The van der Waals surface area contributed by atoms with E-state index >= 15 is 0 Å². The van der Waals surface area contributed by atoms with Crippen LogP contribution in [0.25, 0.3) is 11.1 Å². The Morgan fingerprint density at radius 1 is 1.15 bits per heavy atom. The van der Waals surface area contributed by atoms with Crippen LogP contribution in [0.2, 0.25) is 0 Å². The molecular formula is C30H33N5O10S. The van der Waals surface area contributed by atoms with E-state index in [9.17, 15) is 44.0 Å². The summed E-state index contributed by atoms with van der Waals surface area (Å²) in [5, 5.41) is 26.3. The van der Waals surface area contributed by atoms with Gasteiger partial charge < -0.3 is 30.3 Å². The molecule has 0 bridgehead atoms. The Labute approximate surface area is 267 Å². The van der Waals surface area contributed by atoms with Crippen LogP contribution in [0.1, 0.15) is 46.0 Å². The number of nitro groups is 1. The van der Waals surface area contributed by atoms with Crippen molar-refractivity contribution in [3.05, 3.63) is 63.2 Å². The van der Waals surface area contributed by atoms with Gasteiger partial charge in [-0.05, 0) is 41.7 Å². The largest absolute Gasteiger partial charge is 0.477 e. The highest BCUT2D eigenvalue weighted by molar-refractivity contribution is 7.98. The standard InChI is InChI=1S/C30H33N5O10S/c1-16(36)34-11-5-8-24(34)27(38)31-22-13-45-30(42)19-7-4-6-18(17-9-10-20(29(40)41)25(12-17)35(43)44)21(19)14-46-15-23(32-26(22)37)28(39)33(2)3/h4,6-7,9-10,12,22-24H,5,8,11,13-15H2,1-3H3,(H,31,38)(H,32,37)(H,40,41)/t22-,23-,24+/m1/s1. The van der Waals surface area contributed by atoms with Crippen molar-refractivity contribution in [3.8, 4) is 11.1 Å². The molecule has 15 nitrogen and oxygen atoms in total. The van der Waals surface area contributed by atoms with Gasteiger partial charge in [0.1, 0.15) is 30.3 Å². The van der Waals surface area contributed by atoms with Crippen molar-refractivity contribution in [2.24, 2.45) is 0 Å². The number of nitrogens with one attached hydrogen (secondary N) is 2. The predicted molar refractivity (Wildman–Crippen MR) is 165 cm³/mol. The molecule has 0 spiro atoms. The molecular weight excluding hydrogens is 622 g/mol. The number of thioether (sulfide) groups is 1. The fraction of sp³-hybridized carbons (Fsp3) is 0.400. The van der Waals surface area contributed by atoms with Crippen LogP contribution in [0.4, 0.5) is 5.69 Å². The fourth-order valence-electron chi connectivity index (χ4n) is 5.38. The molecule has 0 saturated carbocycles. The maximum atomic E-state index is 13.4. The number of ether oxygens (including phenoxy) is 1. The molecule has 244 valence electrons. The molecule has 3 atom stereocenters. The van der Waals surface area contributed by atoms with Gasteiger partial charge in [-0.2, -0.15) is 11.8 Å². The summed E-state index contributed by atoms with van der Waals surface area (Å²) < 4.78 is 5.52. The van der Waals surface area contributed by atoms with Crippen LogP contribution in [-0.2, 0) is 29.7 Å². The summed E-state index contributed by atoms with van der Waals surface area (Å²) >= 11 is 1.21. The number of nitro benzene ring substituents is 1. The Bertz CT molecular complexity index is 1600. The molecule has 2 heterocycles. The lowest BCUT2D eigenvalue weighted by Gasteiger charge is -2.28. The molecule has 2 aromatic rings. The summed E-state index contributed by atoms with van der Waals surface area (Å²) in [4.78, 5) is 90.3. The van der Waals surface area contributed by atoms with E-state index in [1.54, 1.807) is 6.07 Å². The van der Waals surface area contributed by atoms with Crippen LogP contribution < -0.4 is 10.6 Å². The summed E-state index contributed by atoms with van der Waals surface area (Å²) in [6, 6.07) is 5.02. The van der Waals surface area contributed by atoms with E-state index in [2.05, 4.69) is 10.6 Å². The number of hydrogen-bond donors (Lipinski definition) is 3. The number of hydrogen-bond acceptors (Lipinski definition) is 10. The normalized spacial score (nSPS) is 20.2. The Morgan fingerprint density at radius 3 is 2.52 bits per heavy atom. The number of carbonyl (C=O) groups excluding carboxylic acids is 5. The van der Waals surface area contributed by atoms with Gasteiger partial charge in [-0.15, -0.1) is 0 Å². The first-order valence-corrected chi connectivity index (χ1v) is 15.4. The minimum atomic E-state index is -1.47. The van der Waals surface area contributed by atoms with Crippen molar-refractivity contribution < 1.29 is 43.5 Å². The number of likely N-dealkylation sites (N-methyl/N-ethyl adjacent to an activating group) is 1. The SMILES string of the molecule is CC(=O)N1CCC[C@H]1C(=O)N[C@@H]1COC(=O)c2cccc(-c3ccc(C(=O)O)c([N+](=O)[O-])c3)c2CSC[C@H](C(=O)N(C)C)NC1=O. The molecule has 0 aliphatic carbocycles. The van der Waals surface area contributed by atoms with Crippen LogP contribution in [0.3, 0.4) is 0 Å². The number of esters is 1. The zero-order valence-corrected chi connectivity index (χ0v) is 26.1. The summed E-state index contributed by atoms with van der Waals surface area (Å²) in [5.41, 5.74) is 0.0281. The van der Waals surface area contributed by atoms with Crippen molar-refractivity contribution in [1.29, 1.82) is 0 Å². The van der Waals surface area contributed by atoms with Gasteiger partial charge in [-0.1, -0.05) is 18.2 Å². The monoisotopic (exact) mass is 655 g/mol. The van der Waals surface area contributed by atoms with Gasteiger partial charge in [0, 0.05) is 45.1 Å². The molecule has 4 rings (SSSR count). The summed E-state index contributed by atoms with van der Waals surface area (Å²) in [6.45, 7) is 1.13. The molecule has 2 aliphatic rings. The van der Waals surface area contributed by atoms with Crippen molar-refractivity contribution in [2.45, 2.75) is 43.6 Å². The Kier molecular flexibility index (Phi) is 10.6. The molecule has 0 unspecified atom stereocenters. The lowest BCUT2D eigenvalue weighted by atomic mass is 9.95. The van der Waals surface area contributed by atoms with Gasteiger partial charge in [0.05, 0.1) is 10.5 Å². The molecule has 2 aliphatic heterocycles. The predicted octanol–water partition coefficient (Wildman–Crippen LogP) is 1.43. The third kappa shape index (κ3) is 7.44. The number of aromatic carboxylic acids is 1. The number of fused-ring (bicyclic) bond motifs is 1. The zero-order valence-electron chi connectivity index (χ0n) is 25.3. The summed E-state index contributed by atoms with van der Waals surface area (Å²) in [6.07, 6.45) is 0.987. The number of carboxylic acids is 1. The number of cyclic esters (lactones) is 1. The second kappa shape index (κ2) is 14.4. The van der Waals surface area contributed by atoms with Crippen LogP contribution in [0, 0.1) is 10.1 Å². The van der Waals surface area contributed by atoms with E-state index in [4.69, 9.17) is 4.74 Å². The quantitative estimate of drug-likeness (QED) is 0.231. The first-order valence-electron chi connectivity index (χ1n) is 14.3. The fourth-order valence-corrected chi connectivity index (χ4v) is 6.47. The maximum Gasteiger partial charge on any atom is 0.342 e. The molecule has 16 heteroatoms. The molecule has 1 fully saturated rings. The van der Waals surface area contributed by atoms with Crippen LogP contribution >= 0.6 is 11.8 Å². The van der Waals surface area contributed by atoms with Crippen molar-refractivity contribution >= 4 is 53.0 Å². The number of nitrogens with zero attached hydrogens (tertiary/aromatic N) is 3. The second-order valence-electron chi connectivity index (χ2n) is 11.0. The average Bonchev–Trinajstić information content (AvgIpc) is 3.52. The molecule has 0 aromatic heterocycles. The van der Waals surface area contributed by atoms with Gasteiger partial charge in [-0.25, -0.2) is 9.59 Å². The van der Waals surface area contributed by atoms with Crippen molar-refractivity contribution in [2.75, 3.05) is 33.0 Å². The van der Waals surface area contributed by atoms with Crippen LogP contribution in [0.5, 0.6) is 0 Å². The number of amides is 4. The first kappa shape index (κ1) is 33.9. The highest BCUT2D eigenvalue weighted by Gasteiger charge is 2.36. The van der Waals surface area contributed by atoms with E-state index in [1.807, 2.05) is 0 Å². The van der Waals surface area contributed by atoms with Gasteiger partial charge in [0.2, 0.25) is 23.6 Å². The van der Waals surface area contributed by atoms with Gasteiger partial charge >= 0.3 is 11.9 Å². The van der Waals surface area contributed by atoms with E-state index in [1.165, 1.54) is 60.8 Å². The molecule has 46 heavy (non-hydrogen) atoms. The number of carboxylic acid groups (broad SMARTS) is 1. The number of likely N-dealkylation sites (tertiary alicyclic amines) is 1. The number of benzene rings is 2. The highest BCUT2D eigenvalue weighted by atomic mass is 32.2. The van der Waals surface area contributed by atoms with Crippen molar-refractivity contribution in [3.63, 3.8) is 0 Å². The smallest absolute Gasteiger partial charge is 0.342 e. The van der Waals surface area contributed by atoms with E-state index in [0.717, 1.165) is 12.1 Å². The third-order valence-electron chi connectivity index (χ3n) is 7.69. The Hall–Kier alpha value is -4.99. The van der Waals surface area contributed by atoms with Crippen molar-refractivity contribution in [1.82, 2.24) is 20.4 Å². The molecule has 2 aromatic carbocycles.